The largest absolute Gasteiger partial charge is 0.335 e. The molecule has 0 saturated carbocycles. The van der Waals surface area contributed by atoms with Crippen LogP contribution in [0.15, 0.2) is 30.3 Å². The molecule has 0 radical (unpaired) electrons. The quantitative estimate of drug-likeness (QED) is 0.721. The second kappa shape index (κ2) is 9.88. The highest BCUT2D eigenvalue weighted by Gasteiger charge is 2.17. The first-order chi connectivity index (χ1) is 12.8. The van der Waals surface area contributed by atoms with Crippen molar-refractivity contribution in [2.24, 2.45) is 0 Å². The maximum absolute atomic E-state index is 12.5. The summed E-state index contributed by atoms with van der Waals surface area (Å²) in [4.78, 5) is 29.5. The molecule has 1 N–H and O–H groups in total. The standard InChI is InChI=1S/C20H26ClN3O2S/c1-5-24(11-16-9-10-17(21)27-16)13-19(26)23(4)12-18(25)22-20-14(2)7-6-8-15(20)3/h6-10H,5,11-13H2,1-4H3,(H,22,25). The smallest absolute Gasteiger partial charge is 0.243 e. The summed E-state index contributed by atoms with van der Waals surface area (Å²) in [6.45, 7) is 7.61. The molecular formula is C20H26ClN3O2S. The maximum Gasteiger partial charge on any atom is 0.243 e. The highest BCUT2D eigenvalue weighted by molar-refractivity contribution is 7.16. The molecule has 0 saturated heterocycles. The second-order valence-electron chi connectivity index (χ2n) is 6.57. The van der Waals surface area contributed by atoms with Crippen LogP contribution in [0.3, 0.4) is 0 Å². The van der Waals surface area contributed by atoms with Crippen molar-refractivity contribution in [3.63, 3.8) is 0 Å². The van der Waals surface area contributed by atoms with Crippen molar-refractivity contribution in [2.45, 2.75) is 27.3 Å². The molecule has 0 bridgehead atoms. The van der Waals surface area contributed by atoms with Crippen molar-refractivity contribution in [3.05, 3.63) is 50.7 Å². The van der Waals surface area contributed by atoms with Crippen LogP contribution in [0.25, 0.3) is 0 Å². The number of aryl methyl sites for hydroxylation is 2. The van der Waals surface area contributed by atoms with E-state index in [4.69, 9.17) is 11.6 Å². The van der Waals surface area contributed by atoms with Crippen LogP contribution in [0.5, 0.6) is 0 Å². The van der Waals surface area contributed by atoms with E-state index in [1.54, 1.807) is 7.05 Å². The SMILES string of the molecule is CCN(CC(=O)N(C)CC(=O)Nc1c(C)cccc1C)Cc1ccc(Cl)s1. The zero-order valence-corrected chi connectivity index (χ0v) is 17.8. The van der Waals surface area contributed by atoms with Gasteiger partial charge in [0.05, 0.1) is 17.4 Å². The molecule has 0 spiro atoms. The van der Waals surface area contributed by atoms with Crippen LogP contribution in [-0.2, 0) is 16.1 Å². The van der Waals surface area contributed by atoms with Crippen LogP contribution in [-0.4, -0.2) is 48.3 Å². The number of anilines is 1. The Morgan fingerprint density at radius 3 is 2.33 bits per heavy atom. The van der Waals surface area contributed by atoms with E-state index in [-0.39, 0.29) is 24.9 Å². The minimum Gasteiger partial charge on any atom is -0.335 e. The molecule has 2 amide bonds. The van der Waals surface area contributed by atoms with Gasteiger partial charge in [-0.3, -0.25) is 14.5 Å². The summed E-state index contributed by atoms with van der Waals surface area (Å²) in [5.41, 5.74) is 2.82. The molecule has 0 atom stereocenters. The Labute approximate surface area is 169 Å². The minimum absolute atomic E-state index is 0.0228. The highest BCUT2D eigenvalue weighted by atomic mass is 35.5. The molecule has 1 heterocycles. The molecule has 27 heavy (non-hydrogen) atoms. The van der Waals surface area contributed by atoms with E-state index in [2.05, 4.69) is 5.32 Å². The van der Waals surface area contributed by atoms with Gasteiger partial charge >= 0.3 is 0 Å². The van der Waals surface area contributed by atoms with Gasteiger partial charge in [-0.15, -0.1) is 11.3 Å². The lowest BCUT2D eigenvalue weighted by molar-refractivity contribution is -0.134. The van der Waals surface area contributed by atoms with Gasteiger partial charge in [0, 0.05) is 24.2 Å². The lowest BCUT2D eigenvalue weighted by atomic mass is 10.1. The van der Waals surface area contributed by atoms with Crippen molar-refractivity contribution in [2.75, 3.05) is 32.0 Å². The number of nitrogens with one attached hydrogen (secondary N) is 1. The number of thiophene rings is 1. The third-order valence-corrected chi connectivity index (χ3v) is 5.58. The molecule has 0 fully saturated rings. The summed E-state index contributed by atoms with van der Waals surface area (Å²) in [5, 5.41) is 2.91. The lowest BCUT2D eigenvalue weighted by Gasteiger charge is -2.23. The summed E-state index contributed by atoms with van der Waals surface area (Å²) in [5.74, 6) is -0.285. The first-order valence-corrected chi connectivity index (χ1v) is 10.1. The fraction of sp³-hybridized carbons (Fsp3) is 0.400. The van der Waals surface area contributed by atoms with Crippen LogP contribution in [0.1, 0.15) is 22.9 Å². The molecule has 2 rings (SSSR count). The van der Waals surface area contributed by atoms with Gasteiger partial charge in [0.2, 0.25) is 11.8 Å². The number of nitrogens with zero attached hydrogens (tertiary/aromatic N) is 2. The molecule has 1 aromatic heterocycles. The highest BCUT2D eigenvalue weighted by Crippen LogP contribution is 2.22. The summed E-state index contributed by atoms with van der Waals surface area (Å²) < 4.78 is 0.743. The van der Waals surface area contributed by atoms with Gasteiger partial charge in [-0.05, 0) is 43.7 Å². The Morgan fingerprint density at radius 1 is 1.11 bits per heavy atom. The fourth-order valence-corrected chi connectivity index (χ4v) is 3.87. The van der Waals surface area contributed by atoms with Gasteiger partial charge in [0.25, 0.3) is 0 Å². The number of hydrogen-bond acceptors (Lipinski definition) is 4. The predicted molar refractivity (Wildman–Crippen MR) is 112 cm³/mol. The van der Waals surface area contributed by atoms with Crippen molar-refractivity contribution >= 4 is 40.4 Å². The number of hydrogen-bond donors (Lipinski definition) is 1. The zero-order valence-electron chi connectivity index (χ0n) is 16.2. The molecular weight excluding hydrogens is 382 g/mol. The van der Waals surface area contributed by atoms with Crippen molar-refractivity contribution < 1.29 is 9.59 Å². The Balaban J connectivity index is 1.89. The van der Waals surface area contributed by atoms with Crippen LogP contribution in [0.4, 0.5) is 5.69 Å². The van der Waals surface area contributed by atoms with Crippen molar-refractivity contribution in [1.29, 1.82) is 0 Å². The minimum atomic E-state index is -0.198. The monoisotopic (exact) mass is 407 g/mol. The van der Waals surface area contributed by atoms with E-state index < -0.39 is 0 Å². The lowest BCUT2D eigenvalue weighted by Crippen LogP contribution is -2.41. The number of amides is 2. The normalized spacial score (nSPS) is 10.9. The average Bonchev–Trinajstić information content (AvgIpc) is 3.02. The number of carbonyl (C=O) groups is 2. The van der Waals surface area contributed by atoms with Crippen LogP contribution >= 0.6 is 22.9 Å². The molecule has 0 aliphatic carbocycles. The van der Waals surface area contributed by atoms with Crippen molar-refractivity contribution in [1.82, 2.24) is 9.80 Å². The Morgan fingerprint density at radius 2 is 1.78 bits per heavy atom. The summed E-state index contributed by atoms with van der Waals surface area (Å²) in [6.07, 6.45) is 0. The van der Waals surface area contributed by atoms with E-state index in [0.29, 0.717) is 6.54 Å². The van der Waals surface area contributed by atoms with Gasteiger partial charge in [-0.2, -0.15) is 0 Å². The number of para-hydroxylation sites is 1. The first kappa shape index (κ1) is 21.4. The number of likely N-dealkylation sites (N-methyl/N-ethyl adjacent to an activating group) is 2. The Hall–Kier alpha value is -1.89. The topological polar surface area (TPSA) is 52.7 Å². The molecule has 2 aromatic rings. The van der Waals surface area contributed by atoms with E-state index in [9.17, 15) is 9.59 Å². The Kier molecular flexibility index (Phi) is 7.83. The summed E-state index contributed by atoms with van der Waals surface area (Å²) in [7, 11) is 1.66. The molecule has 146 valence electrons. The van der Waals surface area contributed by atoms with Gasteiger partial charge in [0.15, 0.2) is 0 Å². The molecule has 0 unspecified atom stereocenters. The van der Waals surface area contributed by atoms with Gasteiger partial charge in [0.1, 0.15) is 0 Å². The number of halogens is 1. The van der Waals surface area contributed by atoms with Gasteiger partial charge in [-0.25, -0.2) is 0 Å². The first-order valence-electron chi connectivity index (χ1n) is 8.86. The van der Waals surface area contributed by atoms with Crippen LogP contribution < -0.4 is 5.32 Å². The van der Waals surface area contributed by atoms with E-state index >= 15 is 0 Å². The summed E-state index contributed by atoms with van der Waals surface area (Å²) in [6, 6.07) is 9.69. The average molecular weight is 408 g/mol. The molecule has 1 aromatic carbocycles. The molecule has 0 aliphatic rings. The molecule has 7 heteroatoms. The van der Waals surface area contributed by atoms with Gasteiger partial charge in [-0.1, -0.05) is 36.7 Å². The van der Waals surface area contributed by atoms with E-state index in [1.165, 1.54) is 16.2 Å². The van der Waals surface area contributed by atoms with E-state index in [0.717, 1.165) is 32.6 Å². The third kappa shape index (κ3) is 6.34. The third-order valence-electron chi connectivity index (χ3n) is 4.37. The zero-order chi connectivity index (χ0) is 20.0. The molecule has 5 nitrogen and oxygen atoms in total. The fourth-order valence-electron chi connectivity index (χ4n) is 2.74. The predicted octanol–water partition coefficient (Wildman–Crippen LogP) is 3.94. The van der Waals surface area contributed by atoms with Gasteiger partial charge < -0.3 is 10.2 Å². The van der Waals surface area contributed by atoms with E-state index in [1.807, 2.05) is 56.0 Å². The number of benzene rings is 1. The van der Waals surface area contributed by atoms with Crippen LogP contribution in [0.2, 0.25) is 4.34 Å². The van der Waals surface area contributed by atoms with Crippen LogP contribution in [0, 0.1) is 13.8 Å². The number of rotatable bonds is 8. The molecule has 0 aliphatic heterocycles. The van der Waals surface area contributed by atoms with Crippen molar-refractivity contribution in [3.8, 4) is 0 Å². The maximum atomic E-state index is 12.5. The number of carbonyl (C=O) groups excluding carboxylic acids is 2. The summed E-state index contributed by atoms with van der Waals surface area (Å²) >= 11 is 7.49. The second-order valence-corrected chi connectivity index (χ2v) is 8.37. The Bertz CT molecular complexity index is 786.